The molecule has 1 aromatic carbocycles. The van der Waals surface area contributed by atoms with Gasteiger partial charge in [-0.1, -0.05) is 12.1 Å². The Bertz CT molecular complexity index is 520. The van der Waals surface area contributed by atoms with Crippen molar-refractivity contribution in [3.63, 3.8) is 0 Å². The van der Waals surface area contributed by atoms with Gasteiger partial charge in [-0.3, -0.25) is 9.48 Å². The van der Waals surface area contributed by atoms with Crippen LogP contribution in [0.4, 0.5) is 0 Å². The number of aryl methyl sites for hydroxylation is 2. The number of carbonyl (C=O) groups is 1. The molecule has 0 spiro atoms. The van der Waals surface area contributed by atoms with Gasteiger partial charge in [-0.15, -0.1) is 0 Å². The number of nitrogens with zero attached hydrogens (tertiary/aromatic N) is 2. The number of aromatic nitrogens is 2. The van der Waals surface area contributed by atoms with Crippen LogP contribution < -0.4 is 4.74 Å². The highest BCUT2D eigenvalue weighted by Crippen LogP contribution is 2.12. The molecule has 0 amide bonds. The fraction of sp³-hybridized carbons (Fsp3) is 0.286. The highest BCUT2D eigenvalue weighted by molar-refractivity contribution is 5.75. The van der Waals surface area contributed by atoms with Gasteiger partial charge in [0, 0.05) is 24.7 Å². The quantitative estimate of drug-likeness (QED) is 0.579. The van der Waals surface area contributed by atoms with Crippen molar-refractivity contribution in [3.05, 3.63) is 47.8 Å². The van der Waals surface area contributed by atoms with E-state index in [1.54, 1.807) is 12.1 Å². The SMILES string of the molecule is Cc1cnn(CCCOc2cccc(C=O)c2)c1. The Balaban J connectivity index is 1.76. The molecule has 0 aliphatic rings. The van der Waals surface area contributed by atoms with Gasteiger partial charge in [0.15, 0.2) is 0 Å². The van der Waals surface area contributed by atoms with Gasteiger partial charge in [0.25, 0.3) is 0 Å². The number of aldehydes is 1. The zero-order valence-corrected chi connectivity index (χ0v) is 10.4. The van der Waals surface area contributed by atoms with Crippen LogP contribution in [0.5, 0.6) is 5.75 Å². The van der Waals surface area contributed by atoms with Crippen molar-refractivity contribution in [2.75, 3.05) is 6.61 Å². The molecule has 0 unspecified atom stereocenters. The molecule has 0 radical (unpaired) electrons. The van der Waals surface area contributed by atoms with Gasteiger partial charge in [-0.2, -0.15) is 5.10 Å². The third-order valence-electron chi connectivity index (χ3n) is 2.56. The summed E-state index contributed by atoms with van der Waals surface area (Å²) in [6, 6.07) is 7.17. The fourth-order valence-electron chi connectivity index (χ4n) is 1.68. The molecule has 0 N–H and O–H groups in total. The summed E-state index contributed by atoms with van der Waals surface area (Å²) in [5.74, 6) is 0.733. The Hall–Kier alpha value is -2.10. The Morgan fingerprint density at radius 1 is 1.44 bits per heavy atom. The minimum Gasteiger partial charge on any atom is -0.494 e. The molecule has 4 nitrogen and oxygen atoms in total. The van der Waals surface area contributed by atoms with E-state index >= 15 is 0 Å². The van der Waals surface area contributed by atoms with E-state index in [0.29, 0.717) is 12.2 Å². The second kappa shape index (κ2) is 6.00. The molecule has 0 bridgehead atoms. The lowest BCUT2D eigenvalue weighted by molar-refractivity contribution is 0.112. The molecule has 2 rings (SSSR count). The summed E-state index contributed by atoms with van der Waals surface area (Å²) in [5, 5.41) is 4.20. The van der Waals surface area contributed by atoms with Crippen LogP contribution in [0.1, 0.15) is 22.3 Å². The minimum absolute atomic E-state index is 0.612. The van der Waals surface area contributed by atoms with Crippen LogP contribution >= 0.6 is 0 Å². The molecular formula is C14H16N2O2. The van der Waals surface area contributed by atoms with Gasteiger partial charge in [0.1, 0.15) is 12.0 Å². The van der Waals surface area contributed by atoms with Crippen molar-refractivity contribution < 1.29 is 9.53 Å². The molecule has 94 valence electrons. The van der Waals surface area contributed by atoms with Crippen molar-refractivity contribution in [2.45, 2.75) is 19.9 Å². The first-order valence-electron chi connectivity index (χ1n) is 5.95. The molecule has 4 heteroatoms. The number of rotatable bonds is 6. The first-order chi connectivity index (χ1) is 8.78. The number of benzene rings is 1. The summed E-state index contributed by atoms with van der Waals surface area (Å²) in [4.78, 5) is 10.6. The topological polar surface area (TPSA) is 44.1 Å². The van der Waals surface area contributed by atoms with E-state index in [4.69, 9.17) is 4.74 Å². The summed E-state index contributed by atoms with van der Waals surface area (Å²) >= 11 is 0. The molecule has 0 fully saturated rings. The Kier molecular flexibility index (Phi) is 4.12. The number of carbonyl (C=O) groups excluding carboxylic acids is 1. The fourth-order valence-corrected chi connectivity index (χ4v) is 1.68. The van der Waals surface area contributed by atoms with Gasteiger partial charge in [0.05, 0.1) is 12.8 Å². The van der Waals surface area contributed by atoms with Crippen LogP contribution in [-0.2, 0) is 6.54 Å². The third kappa shape index (κ3) is 3.45. The summed E-state index contributed by atoms with van der Waals surface area (Å²) in [6.45, 7) is 3.47. The van der Waals surface area contributed by atoms with Gasteiger partial charge in [-0.25, -0.2) is 0 Å². The lowest BCUT2D eigenvalue weighted by Gasteiger charge is -2.06. The molecule has 0 atom stereocenters. The molecule has 0 aliphatic heterocycles. The van der Waals surface area contributed by atoms with E-state index in [0.717, 1.165) is 30.6 Å². The maximum Gasteiger partial charge on any atom is 0.150 e. The molecule has 1 heterocycles. The van der Waals surface area contributed by atoms with Crippen LogP contribution in [-0.4, -0.2) is 22.7 Å². The average Bonchev–Trinajstić information content (AvgIpc) is 2.81. The lowest BCUT2D eigenvalue weighted by Crippen LogP contribution is -2.04. The van der Waals surface area contributed by atoms with Gasteiger partial charge in [-0.05, 0) is 24.6 Å². The predicted octanol–water partition coefficient (Wildman–Crippen LogP) is 2.47. The molecule has 0 saturated carbocycles. The van der Waals surface area contributed by atoms with Crippen molar-refractivity contribution in [2.24, 2.45) is 0 Å². The van der Waals surface area contributed by atoms with E-state index in [9.17, 15) is 4.79 Å². The van der Waals surface area contributed by atoms with Crippen molar-refractivity contribution >= 4 is 6.29 Å². The second-order valence-electron chi connectivity index (χ2n) is 4.17. The van der Waals surface area contributed by atoms with Crippen molar-refractivity contribution in [1.82, 2.24) is 9.78 Å². The molecule has 2 aromatic rings. The Morgan fingerprint density at radius 2 is 2.33 bits per heavy atom. The molecular weight excluding hydrogens is 228 g/mol. The third-order valence-corrected chi connectivity index (χ3v) is 2.56. The highest BCUT2D eigenvalue weighted by atomic mass is 16.5. The standard InChI is InChI=1S/C14H16N2O2/c1-12-9-15-16(10-12)6-3-7-18-14-5-2-4-13(8-14)11-17/h2,4-5,8-11H,3,6-7H2,1H3. The monoisotopic (exact) mass is 244 g/mol. The molecule has 0 saturated heterocycles. The van der Waals surface area contributed by atoms with E-state index in [2.05, 4.69) is 5.10 Å². The Morgan fingerprint density at radius 3 is 3.06 bits per heavy atom. The van der Waals surface area contributed by atoms with E-state index in [1.807, 2.05) is 36.1 Å². The van der Waals surface area contributed by atoms with E-state index in [1.165, 1.54) is 0 Å². The van der Waals surface area contributed by atoms with E-state index < -0.39 is 0 Å². The maximum absolute atomic E-state index is 10.6. The molecule has 1 aromatic heterocycles. The van der Waals surface area contributed by atoms with Crippen LogP contribution in [0.3, 0.4) is 0 Å². The van der Waals surface area contributed by atoms with Crippen molar-refractivity contribution in [1.29, 1.82) is 0 Å². The second-order valence-corrected chi connectivity index (χ2v) is 4.17. The van der Waals surface area contributed by atoms with E-state index in [-0.39, 0.29) is 0 Å². The van der Waals surface area contributed by atoms with Crippen molar-refractivity contribution in [3.8, 4) is 5.75 Å². The smallest absolute Gasteiger partial charge is 0.150 e. The normalized spacial score (nSPS) is 10.3. The van der Waals surface area contributed by atoms with Gasteiger partial charge >= 0.3 is 0 Å². The minimum atomic E-state index is 0.612. The van der Waals surface area contributed by atoms with Crippen LogP contribution in [0.2, 0.25) is 0 Å². The number of hydrogen-bond acceptors (Lipinski definition) is 3. The molecule has 18 heavy (non-hydrogen) atoms. The van der Waals surface area contributed by atoms with Gasteiger partial charge in [0.2, 0.25) is 0 Å². The first-order valence-corrected chi connectivity index (χ1v) is 5.95. The number of hydrogen-bond donors (Lipinski definition) is 0. The first kappa shape index (κ1) is 12.4. The summed E-state index contributed by atoms with van der Waals surface area (Å²) < 4.78 is 7.48. The molecule has 0 aliphatic carbocycles. The predicted molar refractivity (Wildman–Crippen MR) is 68.9 cm³/mol. The largest absolute Gasteiger partial charge is 0.494 e. The zero-order chi connectivity index (χ0) is 12.8. The van der Waals surface area contributed by atoms with Crippen LogP contribution in [0.15, 0.2) is 36.7 Å². The average molecular weight is 244 g/mol. The number of ether oxygens (including phenoxy) is 1. The highest BCUT2D eigenvalue weighted by Gasteiger charge is 1.97. The lowest BCUT2D eigenvalue weighted by atomic mass is 10.2. The maximum atomic E-state index is 10.6. The summed E-state index contributed by atoms with van der Waals surface area (Å²) in [7, 11) is 0. The van der Waals surface area contributed by atoms with Crippen LogP contribution in [0.25, 0.3) is 0 Å². The summed E-state index contributed by atoms with van der Waals surface area (Å²) in [5.41, 5.74) is 1.80. The van der Waals surface area contributed by atoms with Crippen LogP contribution in [0, 0.1) is 6.92 Å². The Labute approximate surface area is 106 Å². The van der Waals surface area contributed by atoms with Gasteiger partial charge < -0.3 is 4.74 Å². The summed E-state index contributed by atoms with van der Waals surface area (Å²) in [6.07, 6.45) is 5.55. The zero-order valence-electron chi connectivity index (χ0n) is 10.4.